The molecule has 0 radical (unpaired) electrons. The summed E-state index contributed by atoms with van der Waals surface area (Å²) in [5.41, 5.74) is 4.01. The second kappa shape index (κ2) is 14.0. The smallest absolute Gasteiger partial charge is 0.247 e. The zero-order chi connectivity index (χ0) is 29.2. The van der Waals surface area contributed by atoms with Crippen molar-refractivity contribution in [1.82, 2.24) is 19.4 Å². The topological polar surface area (TPSA) is 99.6 Å². The fourth-order valence-electron chi connectivity index (χ4n) is 4.46. The predicted molar refractivity (Wildman–Crippen MR) is 167 cm³/mol. The Balaban J connectivity index is 1.61. The van der Waals surface area contributed by atoms with Gasteiger partial charge in [-0.15, -0.1) is 0 Å². The molecule has 0 spiro atoms. The second-order valence-corrected chi connectivity index (χ2v) is 9.36. The zero-order valence-electron chi connectivity index (χ0n) is 24.1. The molecule has 2 aromatic heterocycles. The average molecular weight is 555 g/mol. The van der Waals surface area contributed by atoms with E-state index < -0.39 is 0 Å². The third-order valence-corrected chi connectivity index (χ3v) is 6.80. The molecule has 2 aromatic carbocycles. The highest BCUT2D eigenvalue weighted by Gasteiger charge is 2.17. The number of aromatic nitrogens is 3. The monoisotopic (exact) mass is 554 g/mol. The van der Waals surface area contributed by atoms with Crippen LogP contribution in [0, 0.1) is 0 Å². The molecular weight excluding hydrogens is 516 g/mol. The Hall–Kier alpha value is -4.83. The molecule has 3 N–H and O–H groups in total. The highest BCUT2D eigenvalue weighted by atomic mass is 16.5. The lowest BCUT2D eigenvalue weighted by Gasteiger charge is -2.27. The van der Waals surface area contributed by atoms with Crippen LogP contribution in [0.2, 0.25) is 0 Å². The van der Waals surface area contributed by atoms with Crippen molar-refractivity contribution in [3.05, 3.63) is 86.0 Å². The molecule has 4 rings (SSSR count). The van der Waals surface area contributed by atoms with Gasteiger partial charge in [0.2, 0.25) is 5.91 Å². The summed E-state index contributed by atoms with van der Waals surface area (Å²) >= 11 is 0. The van der Waals surface area contributed by atoms with Crippen LogP contribution in [-0.2, 0) is 4.79 Å². The molecule has 0 saturated carbocycles. The molecule has 214 valence electrons. The number of ether oxygens (including phenoxy) is 1. The number of carbonyl (C=O) groups excluding carboxylic acids is 1. The summed E-state index contributed by atoms with van der Waals surface area (Å²) in [6, 6.07) is 17.5. The van der Waals surface area contributed by atoms with Crippen molar-refractivity contribution in [3.63, 3.8) is 0 Å². The van der Waals surface area contributed by atoms with E-state index in [0.717, 1.165) is 43.2 Å². The van der Waals surface area contributed by atoms with E-state index in [1.807, 2.05) is 78.6 Å². The van der Waals surface area contributed by atoms with Crippen LogP contribution in [0.25, 0.3) is 5.69 Å². The van der Waals surface area contributed by atoms with E-state index in [-0.39, 0.29) is 5.91 Å². The molecule has 0 aliphatic rings. The van der Waals surface area contributed by atoms with Gasteiger partial charge in [0.15, 0.2) is 0 Å². The van der Waals surface area contributed by atoms with Gasteiger partial charge >= 0.3 is 0 Å². The minimum Gasteiger partial charge on any atom is -0.494 e. The first-order chi connectivity index (χ1) is 19.9. The van der Waals surface area contributed by atoms with Crippen LogP contribution in [0.3, 0.4) is 0 Å². The molecule has 0 atom stereocenters. The Morgan fingerprint density at radius 2 is 1.63 bits per heavy atom. The molecule has 0 unspecified atom stereocenters. The number of para-hydroxylation sites is 2. The summed E-state index contributed by atoms with van der Waals surface area (Å²) in [5, 5.41) is 9.67. The number of methoxy groups -OCH3 is 1. The van der Waals surface area contributed by atoms with Gasteiger partial charge in [0.25, 0.3) is 0 Å². The number of nitrogens with one attached hydrogen (secondary N) is 3. The van der Waals surface area contributed by atoms with Gasteiger partial charge in [-0.1, -0.05) is 32.6 Å². The fraction of sp³-hybridized carbons (Fsp3) is 0.258. The van der Waals surface area contributed by atoms with E-state index in [0.29, 0.717) is 28.8 Å². The van der Waals surface area contributed by atoms with Crippen molar-refractivity contribution in [1.29, 1.82) is 0 Å². The summed E-state index contributed by atoms with van der Waals surface area (Å²) in [5.74, 6) is 1.49. The van der Waals surface area contributed by atoms with Crippen LogP contribution in [-0.4, -0.2) is 65.7 Å². The van der Waals surface area contributed by atoms with Gasteiger partial charge in [-0.2, -0.15) is 0 Å². The van der Waals surface area contributed by atoms with Gasteiger partial charge in [0.1, 0.15) is 23.7 Å². The minimum atomic E-state index is -0.297. The van der Waals surface area contributed by atoms with Gasteiger partial charge in [-0.25, -0.2) is 9.97 Å². The van der Waals surface area contributed by atoms with Crippen molar-refractivity contribution >= 4 is 40.3 Å². The number of benzene rings is 2. The number of carbonyl (C=O) groups is 1. The summed E-state index contributed by atoms with van der Waals surface area (Å²) in [6.45, 7) is 11.5. The Labute approximate surface area is 241 Å². The van der Waals surface area contributed by atoms with Crippen molar-refractivity contribution < 1.29 is 9.53 Å². The fourth-order valence-corrected chi connectivity index (χ4v) is 4.46. The lowest BCUT2D eigenvalue weighted by molar-refractivity contribution is -0.111. The van der Waals surface area contributed by atoms with E-state index in [9.17, 15) is 4.79 Å². The number of nitrogens with zero attached hydrogens (tertiary/aromatic N) is 5. The van der Waals surface area contributed by atoms with E-state index in [1.54, 1.807) is 7.11 Å². The molecular formula is C31H38N8O2. The standard InChI is InChI=1S/C31H38N8O2/c1-6-31(40)36-24-19-25(28(41-5)20-27(24)37(4)17-18-38(7-2)8-3)35-30-21-29(32-22-33-30)34-23-13-9-10-14-26(23)39-15-11-12-16-39/h6,9-16,19-22H,1,7-8,17-18H2,2-5H3,(H,36,40)(H2,32,33,34,35). The van der Waals surface area contributed by atoms with Crippen LogP contribution in [0.4, 0.5) is 34.4 Å². The third kappa shape index (κ3) is 7.43. The molecule has 0 saturated heterocycles. The quantitative estimate of drug-likeness (QED) is 0.172. The Morgan fingerprint density at radius 1 is 0.951 bits per heavy atom. The molecule has 41 heavy (non-hydrogen) atoms. The lowest BCUT2D eigenvalue weighted by atomic mass is 10.2. The molecule has 1 amide bonds. The molecule has 0 aliphatic heterocycles. The Kier molecular flexibility index (Phi) is 9.95. The number of rotatable bonds is 14. The SMILES string of the molecule is C=CC(=O)Nc1cc(Nc2cc(Nc3ccccc3-n3cccc3)ncn2)c(OC)cc1N(C)CCN(CC)CC. The molecule has 10 heteroatoms. The first kappa shape index (κ1) is 29.2. The van der Waals surface area contributed by atoms with Gasteiger partial charge in [-0.3, -0.25) is 4.79 Å². The summed E-state index contributed by atoms with van der Waals surface area (Å²) < 4.78 is 7.79. The lowest BCUT2D eigenvalue weighted by Crippen LogP contribution is -2.33. The first-order valence-electron chi connectivity index (χ1n) is 13.6. The first-order valence-corrected chi connectivity index (χ1v) is 13.6. The highest BCUT2D eigenvalue weighted by molar-refractivity contribution is 6.02. The Morgan fingerprint density at radius 3 is 2.29 bits per heavy atom. The van der Waals surface area contributed by atoms with Gasteiger partial charge in [-0.05, 0) is 49.5 Å². The number of hydrogen-bond acceptors (Lipinski definition) is 8. The maximum atomic E-state index is 12.3. The second-order valence-electron chi connectivity index (χ2n) is 9.36. The molecule has 0 fully saturated rings. The van der Waals surface area contributed by atoms with Crippen LogP contribution >= 0.6 is 0 Å². The normalized spacial score (nSPS) is 10.8. The van der Waals surface area contributed by atoms with Crippen LogP contribution in [0.15, 0.2) is 86.0 Å². The number of amides is 1. The summed E-state index contributed by atoms with van der Waals surface area (Å²) in [6.07, 6.45) is 6.73. The molecule has 4 aromatic rings. The van der Waals surface area contributed by atoms with Crippen LogP contribution in [0.1, 0.15) is 13.8 Å². The van der Waals surface area contributed by atoms with Crippen molar-refractivity contribution in [2.45, 2.75) is 13.8 Å². The van der Waals surface area contributed by atoms with Crippen molar-refractivity contribution in [2.75, 3.05) is 61.2 Å². The maximum absolute atomic E-state index is 12.3. The number of hydrogen-bond donors (Lipinski definition) is 3. The van der Waals surface area contributed by atoms with Gasteiger partial charge < -0.3 is 35.1 Å². The summed E-state index contributed by atoms with van der Waals surface area (Å²) in [7, 11) is 3.62. The number of likely N-dealkylation sites (N-methyl/N-ethyl adjacent to an activating group) is 2. The minimum absolute atomic E-state index is 0.297. The molecule has 10 nitrogen and oxygen atoms in total. The van der Waals surface area contributed by atoms with Gasteiger partial charge in [0.05, 0.1) is 35.5 Å². The van der Waals surface area contributed by atoms with E-state index in [4.69, 9.17) is 4.74 Å². The average Bonchev–Trinajstić information content (AvgIpc) is 3.53. The van der Waals surface area contributed by atoms with E-state index in [1.165, 1.54) is 12.4 Å². The molecule has 2 heterocycles. The largest absolute Gasteiger partial charge is 0.494 e. The zero-order valence-corrected chi connectivity index (χ0v) is 24.1. The molecule has 0 aliphatic carbocycles. The van der Waals surface area contributed by atoms with Crippen LogP contribution < -0.4 is 25.6 Å². The Bertz CT molecular complexity index is 1450. The molecule has 0 bridgehead atoms. The van der Waals surface area contributed by atoms with E-state index >= 15 is 0 Å². The van der Waals surface area contributed by atoms with Crippen molar-refractivity contribution in [3.8, 4) is 11.4 Å². The predicted octanol–water partition coefficient (Wildman–Crippen LogP) is 5.67. The third-order valence-electron chi connectivity index (χ3n) is 6.80. The summed E-state index contributed by atoms with van der Waals surface area (Å²) in [4.78, 5) is 25.6. The number of anilines is 6. The highest BCUT2D eigenvalue weighted by Crippen LogP contribution is 2.38. The van der Waals surface area contributed by atoms with Crippen molar-refractivity contribution in [2.24, 2.45) is 0 Å². The van der Waals surface area contributed by atoms with Crippen LogP contribution in [0.5, 0.6) is 5.75 Å². The maximum Gasteiger partial charge on any atom is 0.247 e. The van der Waals surface area contributed by atoms with E-state index in [2.05, 4.69) is 56.1 Å². The van der Waals surface area contributed by atoms with Gasteiger partial charge in [0, 0.05) is 44.7 Å².